The second-order valence-electron chi connectivity index (χ2n) is 4.99. The topological polar surface area (TPSA) is 79.5 Å². The molecule has 1 heterocycles. The van der Waals surface area contributed by atoms with Gasteiger partial charge in [-0.1, -0.05) is 15.9 Å². The van der Waals surface area contributed by atoms with Crippen LogP contribution in [0.3, 0.4) is 0 Å². The predicted octanol–water partition coefficient (Wildman–Crippen LogP) is 2.93. The molecule has 0 spiro atoms. The van der Waals surface area contributed by atoms with E-state index in [1.165, 1.54) is 0 Å². The molecule has 1 aromatic carbocycles. The zero-order valence-corrected chi connectivity index (χ0v) is 12.1. The number of hydrogen-bond donors (Lipinski definition) is 2. The first-order chi connectivity index (χ1) is 9.50. The molecule has 3 rings (SSSR count). The normalized spacial score (nSPS) is 16.6. The number of carbonyl (C=O) groups excluding carboxylic acids is 1. The highest BCUT2D eigenvalue weighted by Gasteiger charge is 2.46. The fraction of sp³-hybridized carbons (Fsp3) is 0.286. The molecule has 5 nitrogen and oxygen atoms in total. The van der Waals surface area contributed by atoms with Crippen molar-refractivity contribution in [2.24, 2.45) is 0 Å². The number of benzene rings is 1. The highest BCUT2D eigenvalue weighted by atomic mass is 79.9. The Kier molecular flexibility index (Phi) is 3.05. The van der Waals surface area contributed by atoms with Crippen LogP contribution in [0.15, 0.2) is 33.2 Å². The number of carboxylic acid groups (broad SMARTS) is 1. The molecule has 1 aliphatic carbocycles. The molecule has 104 valence electrons. The Morgan fingerprint density at radius 2 is 2.05 bits per heavy atom. The van der Waals surface area contributed by atoms with E-state index in [-0.39, 0.29) is 5.76 Å². The Morgan fingerprint density at radius 3 is 2.65 bits per heavy atom. The number of halogens is 1. The predicted molar refractivity (Wildman–Crippen MR) is 75.6 cm³/mol. The van der Waals surface area contributed by atoms with Crippen LogP contribution in [0.5, 0.6) is 0 Å². The van der Waals surface area contributed by atoms with E-state index in [0.717, 1.165) is 16.3 Å². The smallest absolute Gasteiger partial charge is 0.329 e. The molecule has 1 aliphatic rings. The molecule has 1 saturated carbocycles. The average Bonchev–Trinajstić information content (AvgIpc) is 2.75. The van der Waals surface area contributed by atoms with Crippen molar-refractivity contribution in [1.82, 2.24) is 5.32 Å². The largest absolute Gasteiger partial charge is 0.480 e. The summed E-state index contributed by atoms with van der Waals surface area (Å²) >= 11 is 3.35. The highest BCUT2D eigenvalue weighted by molar-refractivity contribution is 9.10. The second-order valence-corrected chi connectivity index (χ2v) is 5.90. The van der Waals surface area contributed by atoms with E-state index < -0.39 is 17.4 Å². The molecule has 1 aromatic heterocycles. The van der Waals surface area contributed by atoms with E-state index in [0.29, 0.717) is 18.4 Å². The van der Waals surface area contributed by atoms with Gasteiger partial charge < -0.3 is 14.8 Å². The van der Waals surface area contributed by atoms with Gasteiger partial charge in [-0.3, -0.25) is 4.79 Å². The molecule has 0 saturated heterocycles. The van der Waals surface area contributed by atoms with Crippen LogP contribution in [0.4, 0.5) is 0 Å². The van der Waals surface area contributed by atoms with Gasteiger partial charge >= 0.3 is 5.97 Å². The number of nitrogens with one attached hydrogen (secondary N) is 1. The van der Waals surface area contributed by atoms with Gasteiger partial charge in [0.25, 0.3) is 5.91 Å². The number of carboxylic acids is 1. The lowest BCUT2D eigenvalue weighted by Gasteiger charge is -2.37. The molecule has 2 aromatic rings. The molecule has 0 unspecified atom stereocenters. The third-order valence-corrected chi connectivity index (χ3v) is 4.16. The van der Waals surface area contributed by atoms with Crippen LogP contribution < -0.4 is 5.32 Å². The van der Waals surface area contributed by atoms with Crippen LogP contribution in [0.25, 0.3) is 11.0 Å². The minimum Gasteiger partial charge on any atom is -0.480 e. The summed E-state index contributed by atoms with van der Waals surface area (Å²) in [6.07, 6.45) is 1.72. The van der Waals surface area contributed by atoms with Crippen molar-refractivity contribution in [3.05, 3.63) is 34.5 Å². The molecule has 0 radical (unpaired) electrons. The first kappa shape index (κ1) is 13.2. The summed E-state index contributed by atoms with van der Waals surface area (Å²) in [5.41, 5.74) is -0.535. The second kappa shape index (κ2) is 4.63. The molecule has 1 amide bonds. The number of fused-ring (bicyclic) bond motifs is 1. The highest BCUT2D eigenvalue weighted by Crippen LogP contribution is 2.32. The molecule has 0 bridgehead atoms. The van der Waals surface area contributed by atoms with Crippen LogP contribution in [0.2, 0.25) is 0 Å². The Bertz CT molecular complexity index is 702. The molecule has 1 fully saturated rings. The lowest BCUT2D eigenvalue weighted by Crippen LogP contribution is -2.59. The molecule has 0 aliphatic heterocycles. The van der Waals surface area contributed by atoms with E-state index in [9.17, 15) is 14.7 Å². The standard InChI is InChI=1S/C14H12BrNO4/c15-9-2-3-10-8(6-9)7-11(20-10)12(17)16-14(13(18)19)4-1-5-14/h2-3,6-7H,1,4-5H2,(H,16,17)(H,18,19). The molecule has 2 N–H and O–H groups in total. The maximum absolute atomic E-state index is 12.1. The third kappa shape index (κ3) is 2.10. The van der Waals surface area contributed by atoms with Gasteiger partial charge in [-0.15, -0.1) is 0 Å². The molecular formula is C14H12BrNO4. The fourth-order valence-electron chi connectivity index (χ4n) is 2.33. The van der Waals surface area contributed by atoms with E-state index in [4.69, 9.17) is 4.42 Å². The summed E-state index contributed by atoms with van der Waals surface area (Å²) < 4.78 is 6.34. The van der Waals surface area contributed by atoms with Crippen LogP contribution in [-0.4, -0.2) is 22.5 Å². The zero-order valence-electron chi connectivity index (χ0n) is 10.5. The Balaban J connectivity index is 1.87. The van der Waals surface area contributed by atoms with Crippen molar-refractivity contribution < 1.29 is 19.1 Å². The lowest BCUT2D eigenvalue weighted by atomic mass is 9.76. The van der Waals surface area contributed by atoms with E-state index in [2.05, 4.69) is 21.2 Å². The quantitative estimate of drug-likeness (QED) is 0.902. The van der Waals surface area contributed by atoms with Gasteiger partial charge in [0.05, 0.1) is 0 Å². The SMILES string of the molecule is O=C(NC1(C(=O)O)CCC1)c1cc2cc(Br)ccc2o1. The number of aliphatic carboxylic acids is 1. The Hall–Kier alpha value is -1.82. The molecule has 0 atom stereocenters. The van der Waals surface area contributed by atoms with Gasteiger partial charge in [0.15, 0.2) is 5.76 Å². The van der Waals surface area contributed by atoms with Crippen molar-refractivity contribution in [2.75, 3.05) is 0 Å². The van der Waals surface area contributed by atoms with Crippen LogP contribution in [0.1, 0.15) is 29.8 Å². The number of amides is 1. The summed E-state index contributed by atoms with van der Waals surface area (Å²) in [6, 6.07) is 7.03. The van der Waals surface area contributed by atoms with Gasteiger partial charge in [-0.05, 0) is 43.5 Å². The van der Waals surface area contributed by atoms with Crippen LogP contribution >= 0.6 is 15.9 Å². The Labute approximate surface area is 123 Å². The Morgan fingerprint density at radius 1 is 1.30 bits per heavy atom. The molecule has 20 heavy (non-hydrogen) atoms. The summed E-state index contributed by atoms with van der Waals surface area (Å²) in [4.78, 5) is 23.4. The van der Waals surface area contributed by atoms with Crippen molar-refractivity contribution in [3.8, 4) is 0 Å². The van der Waals surface area contributed by atoms with E-state index in [1.54, 1.807) is 12.1 Å². The van der Waals surface area contributed by atoms with Crippen molar-refractivity contribution in [1.29, 1.82) is 0 Å². The van der Waals surface area contributed by atoms with Gasteiger partial charge in [-0.2, -0.15) is 0 Å². The van der Waals surface area contributed by atoms with Crippen molar-refractivity contribution in [2.45, 2.75) is 24.8 Å². The summed E-state index contributed by atoms with van der Waals surface area (Å²) in [5.74, 6) is -1.35. The zero-order chi connectivity index (χ0) is 14.3. The number of furan rings is 1. The maximum atomic E-state index is 12.1. The average molecular weight is 338 g/mol. The van der Waals surface area contributed by atoms with Gasteiger partial charge in [0.1, 0.15) is 11.1 Å². The van der Waals surface area contributed by atoms with Crippen molar-refractivity contribution in [3.63, 3.8) is 0 Å². The van der Waals surface area contributed by atoms with Crippen molar-refractivity contribution >= 4 is 38.8 Å². The monoisotopic (exact) mass is 337 g/mol. The summed E-state index contributed by atoms with van der Waals surface area (Å²) in [6.45, 7) is 0. The van der Waals surface area contributed by atoms with Gasteiger partial charge in [0.2, 0.25) is 0 Å². The number of rotatable bonds is 3. The number of hydrogen-bond acceptors (Lipinski definition) is 3. The summed E-state index contributed by atoms with van der Waals surface area (Å²) in [7, 11) is 0. The maximum Gasteiger partial charge on any atom is 0.329 e. The third-order valence-electron chi connectivity index (χ3n) is 3.67. The fourth-order valence-corrected chi connectivity index (χ4v) is 2.71. The van der Waals surface area contributed by atoms with E-state index in [1.807, 2.05) is 12.1 Å². The summed E-state index contributed by atoms with van der Waals surface area (Å²) in [5, 5.41) is 12.6. The van der Waals surface area contributed by atoms with E-state index >= 15 is 0 Å². The van der Waals surface area contributed by atoms with Crippen LogP contribution in [-0.2, 0) is 4.79 Å². The minimum atomic E-state index is -1.13. The van der Waals surface area contributed by atoms with Gasteiger partial charge in [-0.25, -0.2) is 4.79 Å². The van der Waals surface area contributed by atoms with Gasteiger partial charge in [0, 0.05) is 9.86 Å². The minimum absolute atomic E-state index is 0.130. The molecular weight excluding hydrogens is 326 g/mol. The first-order valence-electron chi connectivity index (χ1n) is 6.25. The first-order valence-corrected chi connectivity index (χ1v) is 7.04. The number of carbonyl (C=O) groups is 2. The molecule has 6 heteroatoms. The van der Waals surface area contributed by atoms with Crippen LogP contribution in [0, 0.1) is 0 Å². The lowest BCUT2D eigenvalue weighted by molar-refractivity contribution is -0.148.